The Kier molecular flexibility index (Phi) is 3.50. The van der Waals surface area contributed by atoms with Crippen molar-refractivity contribution in [3.63, 3.8) is 0 Å². The third-order valence-corrected chi connectivity index (χ3v) is 2.20. The van der Waals surface area contributed by atoms with Gasteiger partial charge in [-0.2, -0.15) is 0 Å². The summed E-state index contributed by atoms with van der Waals surface area (Å²) < 4.78 is 12.6. The Hall–Kier alpha value is -1.05. The summed E-state index contributed by atoms with van der Waals surface area (Å²) in [4.78, 5) is 0. The molecule has 1 rings (SSSR count). The number of rotatable bonds is 4. The van der Waals surface area contributed by atoms with Crippen LogP contribution in [-0.2, 0) is 0 Å². The SMILES string of the molecule is CCCC(C)(C)Nc1ccc(F)cc1. The lowest BCUT2D eigenvalue weighted by atomic mass is 9.98. The van der Waals surface area contributed by atoms with E-state index in [1.54, 1.807) is 12.1 Å². The fraction of sp³-hybridized carbons (Fsp3) is 0.500. The highest BCUT2D eigenvalue weighted by molar-refractivity contribution is 5.44. The van der Waals surface area contributed by atoms with Crippen LogP contribution < -0.4 is 5.32 Å². The molecule has 0 aromatic heterocycles. The molecular formula is C12H18FN. The normalized spacial score (nSPS) is 11.4. The molecule has 0 bridgehead atoms. The smallest absolute Gasteiger partial charge is 0.123 e. The Balaban J connectivity index is 2.64. The van der Waals surface area contributed by atoms with Gasteiger partial charge in [-0.15, -0.1) is 0 Å². The molecule has 1 aromatic rings. The summed E-state index contributed by atoms with van der Waals surface area (Å²) in [6.45, 7) is 6.47. The molecule has 0 fully saturated rings. The predicted octanol–water partition coefficient (Wildman–Crippen LogP) is 3.82. The van der Waals surface area contributed by atoms with Crippen molar-refractivity contribution >= 4 is 5.69 Å². The zero-order valence-electron chi connectivity index (χ0n) is 9.10. The second-order valence-electron chi connectivity index (χ2n) is 4.27. The van der Waals surface area contributed by atoms with Gasteiger partial charge in [-0.3, -0.25) is 0 Å². The lowest BCUT2D eigenvalue weighted by molar-refractivity contribution is 0.511. The van der Waals surface area contributed by atoms with Gasteiger partial charge in [-0.1, -0.05) is 13.3 Å². The van der Waals surface area contributed by atoms with Gasteiger partial charge < -0.3 is 5.32 Å². The van der Waals surface area contributed by atoms with Crippen LogP contribution in [0.15, 0.2) is 24.3 Å². The first kappa shape index (κ1) is 11.0. The third kappa shape index (κ3) is 3.36. The Morgan fingerprint density at radius 1 is 1.21 bits per heavy atom. The van der Waals surface area contributed by atoms with Gasteiger partial charge in [-0.25, -0.2) is 4.39 Å². The second-order valence-corrected chi connectivity index (χ2v) is 4.27. The maximum atomic E-state index is 12.6. The molecule has 0 amide bonds. The minimum atomic E-state index is -0.191. The quantitative estimate of drug-likeness (QED) is 0.770. The van der Waals surface area contributed by atoms with E-state index in [0.717, 1.165) is 18.5 Å². The van der Waals surface area contributed by atoms with Gasteiger partial charge in [0.15, 0.2) is 0 Å². The van der Waals surface area contributed by atoms with Crippen molar-refractivity contribution in [2.75, 3.05) is 5.32 Å². The minimum Gasteiger partial charge on any atom is -0.380 e. The van der Waals surface area contributed by atoms with Crippen molar-refractivity contribution in [1.82, 2.24) is 0 Å². The van der Waals surface area contributed by atoms with E-state index >= 15 is 0 Å². The summed E-state index contributed by atoms with van der Waals surface area (Å²) in [6, 6.07) is 6.49. The maximum absolute atomic E-state index is 12.6. The lowest BCUT2D eigenvalue weighted by Gasteiger charge is -2.27. The molecule has 0 radical (unpaired) electrons. The molecule has 0 aliphatic carbocycles. The highest BCUT2D eigenvalue weighted by Gasteiger charge is 2.15. The Labute approximate surface area is 85.3 Å². The first-order valence-electron chi connectivity index (χ1n) is 5.07. The summed E-state index contributed by atoms with van der Waals surface area (Å²) in [7, 11) is 0. The molecule has 78 valence electrons. The Morgan fingerprint density at radius 2 is 1.79 bits per heavy atom. The van der Waals surface area contributed by atoms with Crippen molar-refractivity contribution in [2.45, 2.75) is 39.2 Å². The van der Waals surface area contributed by atoms with Crippen LogP contribution in [0.1, 0.15) is 33.6 Å². The van der Waals surface area contributed by atoms with Crippen LogP contribution in [0.4, 0.5) is 10.1 Å². The van der Waals surface area contributed by atoms with E-state index in [4.69, 9.17) is 0 Å². The van der Waals surface area contributed by atoms with Crippen molar-refractivity contribution in [3.05, 3.63) is 30.1 Å². The number of hydrogen-bond donors (Lipinski definition) is 1. The van der Waals surface area contributed by atoms with E-state index < -0.39 is 0 Å². The predicted molar refractivity (Wildman–Crippen MR) is 59.0 cm³/mol. The summed E-state index contributed by atoms with van der Waals surface area (Å²) in [5.74, 6) is -0.191. The van der Waals surface area contributed by atoms with Gasteiger partial charge in [0.2, 0.25) is 0 Å². The lowest BCUT2D eigenvalue weighted by Crippen LogP contribution is -2.30. The van der Waals surface area contributed by atoms with Crippen LogP contribution in [0.25, 0.3) is 0 Å². The van der Waals surface area contributed by atoms with Gasteiger partial charge in [-0.05, 0) is 44.5 Å². The Bertz CT molecular complexity index is 277. The monoisotopic (exact) mass is 195 g/mol. The number of hydrogen-bond acceptors (Lipinski definition) is 1. The summed E-state index contributed by atoms with van der Waals surface area (Å²) in [6.07, 6.45) is 2.24. The molecule has 0 atom stereocenters. The molecular weight excluding hydrogens is 177 g/mol. The van der Waals surface area contributed by atoms with E-state index in [1.807, 2.05) is 0 Å². The first-order chi connectivity index (χ1) is 6.53. The molecule has 0 saturated heterocycles. The third-order valence-electron chi connectivity index (χ3n) is 2.20. The van der Waals surface area contributed by atoms with Crippen molar-refractivity contribution < 1.29 is 4.39 Å². The number of nitrogens with one attached hydrogen (secondary N) is 1. The van der Waals surface area contributed by atoms with Crippen LogP contribution in [0, 0.1) is 5.82 Å². The van der Waals surface area contributed by atoms with Crippen LogP contribution in [0.3, 0.4) is 0 Å². The molecule has 1 nitrogen and oxygen atoms in total. The molecule has 0 saturated carbocycles. The van der Waals surface area contributed by atoms with Crippen LogP contribution >= 0.6 is 0 Å². The largest absolute Gasteiger partial charge is 0.380 e. The molecule has 1 N–H and O–H groups in total. The van der Waals surface area contributed by atoms with Crippen LogP contribution in [0.5, 0.6) is 0 Å². The van der Waals surface area contributed by atoms with Crippen molar-refractivity contribution in [1.29, 1.82) is 0 Å². The number of benzene rings is 1. The van der Waals surface area contributed by atoms with E-state index in [0.29, 0.717) is 0 Å². The average molecular weight is 195 g/mol. The first-order valence-corrected chi connectivity index (χ1v) is 5.07. The minimum absolute atomic E-state index is 0.0760. The fourth-order valence-electron chi connectivity index (χ4n) is 1.61. The maximum Gasteiger partial charge on any atom is 0.123 e. The average Bonchev–Trinajstić information content (AvgIpc) is 2.08. The molecule has 1 aromatic carbocycles. The zero-order chi connectivity index (χ0) is 10.6. The summed E-state index contributed by atoms with van der Waals surface area (Å²) in [5.41, 5.74) is 1.05. The van der Waals surface area contributed by atoms with E-state index in [2.05, 4.69) is 26.1 Å². The zero-order valence-corrected chi connectivity index (χ0v) is 9.10. The van der Waals surface area contributed by atoms with Gasteiger partial charge in [0.1, 0.15) is 5.82 Å². The molecule has 14 heavy (non-hydrogen) atoms. The summed E-state index contributed by atoms with van der Waals surface area (Å²) in [5, 5.41) is 3.38. The van der Waals surface area contributed by atoms with Gasteiger partial charge in [0.05, 0.1) is 0 Å². The molecule has 0 spiro atoms. The van der Waals surface area contributed by atoms with Gasteiger partial charge >= 0.3 is 0 Å². The number of halogens is 1. The van der Waals surface area contributed by atoms with Crippen molar-refractivity contribution in [3.8, 4) is 0 Å². The molecule has 0 unspecified atom stereocenters. The van der Waals surface area contributed by atoms with E-state index in [9.17, 15) is 4.39 Å². The molecule has 0 aliphatic heterocycles. The molecule has 0 heterocycles. The number of anilines is 1. The van der Waals surface area contributed by atoms with Crippen LogP contribution in [-0.4, -0.2) is 5.54 Å². The van der Waals surface area contributed by atoms with E-state index in [-0.39, 0.29) is 11.4 Å². The van der Waals surface area contributed by atoms with Gasteiger partial charge in [0.25, 0.3) is 0 Å². The van der Waals surface area contributed by atoms with Crippen molar-refractivity contribution in [2.24, 2.45) is 0 Å². The topological polar surface area (TPSA) is 12.0 Å². The highest BCUT2D eigenvalue weighted by atomic mass is 19.1. The molecule has 0 aliphatic rings. The molecule has 2 heteroatoms. The standard InChI is InChI=1S/C12H18FN/c1-4-9-12(2,3)14-11-7-5-10(13)6-8-11/h5-8,14H,4,9H2,1-3H3. The van der Waals surface area contributed by atoms with Crippen LogP contribution in [0.2, 0.25) is 0 Å². The second kappa shape index (κ2) is 4.45. The van der Waals surface area contributed by atoms with E-state index in [1.165, 1.54) is 12.1 Å². The Morgan fingerprint density at radius 3 is 2.29 bits per heavy atom. The summed E-state index contributed by atoms with van der Waals surface area (Å²) >= 11 is 0. The van der Waals surface area contributed by atoms with Gasteiger partial charge in [0, 0.05) is 11.2 Å². The fourth-order valence-corrected chi connectivity index (χ4v) is 1.61. The highest BCUT2D eigenvalue weighted by Crippen LogP contribution is 2.19.